The zero-order valence-electron chi connectivity index (χ0n) is 16.4. The number of methoxy groups -OCH3 is 1. The average Bonchev–Trinajstić information content (AvgIpc) is 2.78. The van der Waals surface area contributed by atoms with E-state index in [0.29, 0.717) is 16.5 Å². The zero-order valence-corrected chi connectivity index (χ0v) is 17.2. The molecule has 10 heteroatoms. The van der Waals surface area contributed by atoms with Gasteiger partial charge in [0.05, 0.1) is 24.7 Å². The Kier molecular flexibility index (Phi) is 7.27. The number of anilines is 1. The Hall–Kier alpha value is -2.82. The average molecular weight is 458 g/mol. The third kappa shape index (κ3) is 4.98. The van der Waals surface area contributed by atoms with Gasteiger partial charge in [-0.05, 0) is 30.3 Å². The van der Waals surface area contributed by atoms with Gasteiger partial charge in [0, 0.05) is 16.3 Å². The molecule has 32 heavy (non-hydrogen) atoms. The number of hydrogen-bond acceptors (Lipinski definition) is 7. The number of aromatic nitrogens is 1. The summed E-state index contributed by atoms with van der Waals surface area (Å²) in [5.41, 5.74) is 8.62. The summed E-state index contributed by atoms with van der Waals surface area (Å²) in [7, 11) is -2.87. The Labute approximate surface area is 207 Å². The first kappa shape index (κ1) is 23.8. The van der Waals surface area contributed by atoms with Crippen molar-refractivity contribution in [1.29, 1.82) is 0 Å². The van der Waals surface area contributed by atoms with Gasteiger partial charge in [0.1, 0.15) is 22.0 Å². The third-order valence-corrected chi connectivity index (χ3v) is 5.58. The van der Waals surface area contributed by atoms with Gasteiger partial charge in [-0.15, -0.1) is 10.2 Å². The minimum absolute atomic E-state index is 0. The fraction of sp³-hybridized carbons (Fsp3) is 0.0455. The second kappa shape index (κ2) is 9.76. The van der Waals surface area contributed by atoms with Crippen LogP contribution in [0.3, 0.4) is 0 Å². The summed E-state index contributed by atoms with van der Waals surface area (Å²) in [5, 5.41) is 8.98. The van der Waals surface area contributed by atoms with Crippen LogP contribution in [0.5, 0.6) is 5.75 Å². The molecule has 0 radical (unpaired) electrons. The monoisotopic (exact) mass is 458 g/mol. The molecule has 0 aliphatic carbocycles. The number of benzene rings is 3. The molecule has 0 aliphatic rings. The molecule has 0 bridgehead atoms. The number of ether oxygens (including phenoxy) is 1. The van der Waals surface area contributed by atoms with Crippen LogP contribution >= 0.6 is 0 Å². The maximum atomic E-state index is 11.8. The molecule has 0 amide bonds. The van der Waals surface area contributed by atoms with Crippen molar-refractivity contribution in [2.75, 3.05) is 12.8 Å². The molecular weight excluding hydrogens is 439 g/mol. The van der Waals surface area contributed by atoms with Crippen molar-refractivity contribution >= 4 is 67.5 Å². The van der Waals surface area contributed by atoms with E-state index in [-0.39, 0.29) is 45.8 Å². The first-order valence-electron chi connectivity index (χ1n) is 9.18. The fourth-order valence-corrected chi connectivity index (χ4v) is 3.87. The van der Waals surface area contributed by atoms with Crippen LogP contribution in [-0.2, 0) is 10.1 Å². The molecule has 3 aromatic carbocycles. The summed E-state index contributed by atoms with van der Waals surface area (Å²) < 4.78 is 38.5. The molecule has 1 aromatic heterocycles. The Balaban J connectivity index is 0.00000289. The van der Waals surface area contributed by atoms with Gasteiger partial charge in [-0.25, -0.2) is 0 Å². The van der Waals surface area contributed by atoms with E-state index in [1.807, 2.05) is 24.3 Å². The van der Waals surface area contributed by atoms with Crippen LogP contribution in [0.15, 0.2) is 88.1 Å². The van der Waals surface area contributed by atoms with Gasteiger partial charge in [0.25, 0.3) is 10.1 Å². The Bertz CT molecular complexity index is 1410. The van der Waals surface area contributed by atoms with Crippen LogP contribution in [-0.4, -0.2) is 54.6 Å². The van der Waals surface area contributed by atoms with Gasteiger partial charge in [0.15, 0.2) is 0 Å². The number of nitrogens with zero attached hydrogens (tertiary/aromatic N) is 3. The first-order chi connectivity index (χ1) is 14.9. The molecule has 0 unspecified atom stereocenters. The minimum atomic E-state index is -4.47. The van der Waals surface area contributed by atoms with Gasteiger partial charge in [-0.3, -0.25) is 9.54 Å². The normalized spacial score (nSPS) is 11.4. The van der Waals surface area contributed by atoms with Crippen LogP contribution < -0.4 is 10.5 Å². The van der Waals surface area contributed by atoms with Crippen molar-refractivity contribution in [2.45, 2.75) is 4.90 Å². The van der Waals surface area contributed by atoms with Crippen molar-refractivity contribution < 1.29 is 17.7 Å². The summed E-state index contributed by atoms with van der Waals surface area (Å²) in [6, 6.07) is 18.8. The summed E-state index contributed by atoms with van der Waals surface area (Å²) >= 11 is 0. The van der Waals surface area contributed by atoms with Crippen molar-refractivity contribution in [3.05, 3.63) is 72.9 Å². The molecule has 1 heterocycles. The Morgan fingerprint density at radius 3 is 2.38 bits per heavy atom. The van der Waals surface area contributed by atoms with E-state index in [4.69, 9.17) is 10.5 Å². The van der Waals surface area contributed by atoms with E-state index in [1.165, 1.54) is 6.07 Å². The number of nitrogen functional groups attached to an aromatic ring is 1. The van der Waals surface area contributed by atoms with Crippen LogP contribution in [0.2, 0.25) is 0 Å². The molecule has 0 saturated heterocycles. The summed E-state index contributed by atoms with van der Waals surface area (Å²) in [6.07, 6.45) is 1.54. The van der Waals surface area contributed by atoms with Crippen molar-refractivity contribution in [3.63, 3.8) is 0 Å². The summed E-state index contributed by atoms with van der Waals surface area (Å²) in [5.74, 6) is 0.726. The van der Waals surface area contributed by atoms with E-state index < -0.39 is 10.1 Å². The molecule has 0 fully saturated rings. The Morgan fingerprint density at radius 2 is 1.72 bits per heavy atom. The second-order valence-electron chi connectivity index (χ2n) is 6.66. The van der Waals surface area contributed by atoms with E-state index >= 15 is 0 Å². The molecule has 8 nitrogen and oxygen atoms in total. The summed E-state index contributed by atoms with van der Waals surface area (Å²) in [6.45, 7) is 0. The van der Waals surface area contributed by atoms with E-state index in [0.717, 1.165) is 17.0 Å². The fourth-order valence-electron chi connectivity index (χ4n) is 3.16. The standard InChI is InChI=1S/C22H18N4O4S.Na.H/c1-30-16-6-4-5-14(11-16)19-10-9-15(13-24-19)25-26-20-12-21(31(27,28)29)17-7-2-3-8-18(17)22(20)23;;/h2-13H,23H2,1H3,(H,27,28,29);;/b26-25+;;. The molecular formula is C22H19N4NaO4S. The van der Waals surface area contributed by atoms with E-state index in [1.54, 1.807) is 49.7 Å². The van der Waals surface area contributed by atoms with Crippen molar-refractivity contribution in [2.24, 2.45) is 10.2 Å². The van der Waals surface area contributed by atoms with Gasteiger partial charge in [-0.1, -0.05) is 36.4 Å². The predicted molar refractivity (Wildman–Crippen MR) is 126 cm³/mol. The zero-order chi connectivity index (χ0) is 22.0. The van der Waals surface area contributed by atoms with Crippen LogP contribution in [0.1, 0.15) is 0 Å². The third-order valence-electron chi connectivity index (χ3n) is 4.69. The number of azo groups is 1. The van der Waals surface area contributed by atoms with Crippen LogP contribution in [0.25, 0.3) is 22.0 Å². The predicted octanol–water partition coefficient (Wildman–Crippen LogP) is 4.51. The molecule has 0 saturated carbocycles. The molecule has 4 rings (SSSR count). The van der Waals surface area contributed by atoms with Gasteiger partial charge in [-0.2, -0.15) is 8.42 Å². The number of hydrogen-bond donors (Lipinski definition) is 2. The second-order valence-corrected chi connectivity index (χ2v) is 8.05. The van der Waals surface area contributed by atoms with Crippen molar-refractivity contribution in [3.8, 4) is 17.0 Å². The van der Waals surface area contributed by atoms with Gasteiger partial charge >= 0.3 is 29.6 Å². The van der Waals surface area contributed by atoms with E-state index in [9.17, 15) is 13.0 Å². The number of rotatable bonds is 5. The molecule has 4 aromatic rings. The van der Waals surface area contributed by atoms with Crippen LogP contribution in [0.4, 0.5) is 17.1 Å². The van der Waals surface area contributed by atoms with Crippen molar-refractivity contribution in [1.82, 2.24) is 4.98 Å². The molecule has 0 atom stereocenters. The van der Waals surface area contributed by atoms with Crippen LogP contribution in [0, 0.1) is 0 Å². The summed E-state index contributed by atoms with van der Waals surface area (Å²) in [4.78, 5) is 4.11. The molecule has 0 spiro atoms. The van der Waals surface area contributed by atoms with E-state index in [2.05, 4.69) is 15.2 Å². The maximum absolute atomic E-state index is 11.8. The number of nitrogens with two attached hydrogens (primary N) is 1. The van der Waals surface area contributed by atoms with Gasteiger partial charge < -0.3 is 10.5 Å². The molecule has 0 aliphatic heterocycles. The number of pyridine rings is 1. The van der Waals surface area contributed by atoms with Gasteiger partial charge in [0.2, 0.25) is 0 Å². The first-order valence-corrected chi connectivity index (χ1v) is 10.6. The topological polar surface area (TPSA) is 127 Å². The molecule has 3 N–H and O–H groups in total. The molecule has 158 valence electrons. The SMILES string of the molecule is COc1cccc(-c2ccc(/N=N/c3cc(S(=O)(=O)O)c4ccccc4c3N)cn2)c1.[NaH]. The Morgan fingerprint density at radius 1 is 0.969 bits per heavy atom. The number of fused-ring (bicyclic) bond motifs is 1. The quantitative estimate of drug-likeness (QED) is 0.196.